The molecule has 0 saturated carbocycles. The zero-order chi connectivity index (χ0) is 8.27. The van der Waals surface area contributed by atoms with E-state index in [4.69, 9.17) is 0 Å². The Morgan fingerprint density at radius 3 is 2.73 bits per heavy atom. The third-order valence-corrected chi connectivity index (χ3v) is 2.11. The highest BCUT2D eigenvalue weighted by molar-refractivity contribution is 5.79. The summed E-state index contributed by atoms with van der Waals surface area (Å²) in [4.78, 5) is 13.3. The van der Waals surface area contributed by atoms with E-state index < -0.39 is 0 Å². The standard InChI is InChI=1S/C8H16N2O/c1-3-4-10-5-7(6-10)8(11)9-2/h7H,3-6H2,1-2H3,(H,9,11). The summed E-state index contributed by atoms with van der Waals surface area (Å²) < 4.78 is 0. The van der Waals surface area contributed by atoms with Crippen molar-refractivity contribution in [2.24, 2.45) is 5.92 Å². The van der Waals surface area contributed by atoms with Gasteiger partial charge in [0.25, 0.3) is 0 Å². The van der Waals surface area contributed by atoms with Crippen molar-refractivity contribution in [1.29, 1.82) is 0 Å². The molecular formula is C8H16N2O. The molecule has 64 valence electrons. The fraction of sp³-hybridized carbons (Fsp3) is 0.875. The molecule has 0 bridgehead atoms. The summed E-state index contributed by atoms with van der Waals surface area (Å²) in [5, 5.41) is 2.66. The Kier molecular flexibility index (Phi) is 2.88. The van der Waals surface area contributed by atoms with Crippen LogP contribution >= 0.6 is 0 Å². The van der Waals surface area contributed by atoms with E-state index >= 15 is 0 Å². The first-order valence-electron chi connectivity index (χ1n) is 4.22. The normalized spacial score (nSPS) is 19.5. The van der Waals surface area contributed by atoms with Crippen LogP contribution in [0.4, 0.5) is 0 Å². The van der Waals surface area contributed by atoms with Gasteiger partial charge < -0.3 is 10.2 Å². The van der Waals surface area contributed by atoms with Crippen LogP contribution in [0.1, 0.15) is 13.3 Å². The molecule has 1 fully saturated rings. The molecule has 3 nitrogen and oxygen atoms in total. The van der Waals surface area contributed by atoms with Crippen LogP contribution < -0.4 is 5.32 Å². The van der Waals surface area contributed by atoms with E-state index in [1.807, 2.05) is 0 Å². The molecule has 0 radical (unpaired) electrons. The average molecular weight is 156 g/mol. The number of hydrogen-bond acceptors (Lipinski definition) is 2. The van der Waals surface area contributed by atoms with Crippen LogP contribution in [-0.2, 0) is 4.79 Å². The molecule has 0 aromatic carbocycles. The van der Waals surface area contributed by atoms with Gasteiger partial charge in [0.2, 0.25) is 5.91 Å². The van der Waals surface area contributed by atoms with Crippen molar-refractivity contribution in [1.82, 2.24) is 10.2 Å². The molecule has 1 N–H and O–H groups in total. The van der Waals surface area contributed by atoms with Crippen LogP contribution in [0.3, 0.4) is 0 Å². The second kappa shape index (κ2) is 3.72. The van der Waals surface area contributed by atoms with Gasteiger partial charge in [0.05, 0.1) is 5.92 Å². The molecule has 1 amide bonds. The Hall–Kier alpha value is -0.570. The summed E-state index contributed by atoms with van der Waals surface area (Å²) >= 11 is 0. The first-order valence-corrected chi connectivity index (χ1v) is 4.22. The molecule has 1 heterocycles. The lowest BCUT2D eigenvalue weighted by Gasteiger charge is -2.37. The van der Waals surface area contributed by atoms with Crippen LogP contribution in [0.25, 0.3) is 0 Å². The van der Waals surface area contributed by atoms with Gasteiger partial charge in [0.1, 0.15) is 0 Å². The quantitative estimate of drug-likeness (QED) is 0.627. The number of nitrogens with zero attached hydrogens (tertiary/aromatic N) is 1. The van der Waals surface area contributed by atoms with Gasteiger partial charge in [-0.05, 0) is 13.0 Å². The lowest BCUT2D eigenvalue weighted by atomic mass is 9.99. The van der Waals surface area contributed by atoms with Crippen LogP contribution in [0.2, 0.25) is 0 Å². The van der Waals surface area contributed by atoms with Crippen LogP contribution in [-0.4, -0.2) is 37.5 Å². The van der Waals surface area contributed by atoms with Crippen LogP contribution in [0.15, 0.2) is 0 Å². The summed E-state index contributed by atoms with van der Waals surface area (Å²) in [5.41, 5.74) is 0. The summed E-state index contributed by atoms with van der Waals surface area (Å²) in [7, 11) is 1.70. The maximum absolute atomic E-state index is 11.0. The van der Waals surface area contributed by atoms with Gasteiger partial charge in [-0.1, -0.05) is 6.92 Å². The van der Waals surface area contributed by atoms with Gasteiger partial charge in [0.15, 0.2) is 0 Å². The van der Waals surface area contributed by atoms with Gasteiger partial charge >= 0.3 is 0 Å². The van der Waals surface area contributed by atoms with Crippen molar-refractivity contribution in [2.45, 2.75) is 13.3 Å². The van der Waals surface area contributed by atoms with Crippen molar-refractivity contribution in [3.8, 4) is 0 Å². The van der Waals surface area contributed by atoms with Gasteiger partial charge in [-0.25, -0.2) is 0 Å². The average Bonchev–Trinajstić information content (AvgIpc) is 1.94. The van der Waals surface area contributed by atoms with E-state index in [1.54, 1.807) is 7.05 Å². The Labute approximate surface area is 67.8 Å². The Bertz CT molecular complexity index is 141. The van der Waals surface area contributed by atoms with E-state index in [-0.39, 0.29) is 11.8 Å². The van der Waals surface area contributed by atoms with Crippen molar-refractivity contribution in [3.63, 3.8) is 0 Å². The molecule has 0 spiro atoms. The minimum Gasteiger partial charge on any atom is -0.359 e. The maximum atomic E-state index is 11.0. The Morgan fingerprint density at radius 1 is 1.64 bits per heavy atom. The molecule has 1 rings (SSSR count). The van der Waals surface area contributed by atoms with Crippen molar-refractivity contribution in [2.75, 3.05) is 26.7 Å². The van der Waals surface area contributed by atoms with E-state index in [0.717, 1.165) is 19.6 Å². The zero-order valence-corrected chi connectivity index (χ0v) is 7.26. The Balaban J connectivity index is 2.13. The van der Waals surface area contributed by atoms with E-state index in [0.29, 0.717) is 0 Å². The highest BCUT2D eigenvalue weighted by Crippen LogP contribution is 2.14. The highest BCUT2D eigenvalue weighted by Gasteiger charge is 2.30. The molecule has 1 saturated heterocycles. The Morgan fingerprint density at radius 2 is 2.27 bits per heavy atom. The van der Waals surface area contributed by atoms with E-state index in [9.17, 15) is 4.79 Å². The first kappa shape index (κ1) is 8.53. The van der Waals surface area contributed by atoms with Gasteiger partial charge in [0, 0.05) is 20.1 Å². The monoisotopic (exact) mass is 156 g/mol. The van der Waals surface area contributed by atoms with Crippen molar-refractivity contribution >= 4 is 5.91 Å². The van der Waals surface area contributed by atoms with Crippen molar-refractivity contribution in [3.05, 3.63) is 0 Å². The largest absolute Gasteiger partial charge is 0.359 e. The van der Waals surface area contributed by atoms with Gasteiger partial charge in [-0.15, -0.1) is 0 Å². The number of hydrogen-bond donors (Lipinski definition) is 1. The molecule has 0 atom stereocenters. The molecular weight excluding hydrogens is 140 g/mol. The minimum absolute atomic E-state index is 0.192. The second-order valence-electron chi connectivity index (χ2n) is 3.07. The second-order valence-corrected chi connectivity index (χ2v) is 3.07. The summed E-state index contributed by atoms with van der Waals surface area (Å²) in [5.74, 6) is 0.448. The van der Waals surface area contributed by atoms with Crippen LogP contribution in [0.5, 0.6) is 0 Å². The molecule has 3 heteroatoms. The number of carbonyl (C=O) groups is 1. The van der Waals surface area contributed by atoms with Crippen molar-refractivity contribution < 1.29 is 4.79 Å². The summed E-state index contributed by atoms with van der Waals surface area (Å²) in [6, 6.07) is 0. The highest BCUT2D eigenvalue weighted by atomic mass is 16.1. The fourth-order valence-corrected chi connectivity index (χ4v) is 1.44. The molecule has 11 heavy (non-hydrogen) atoms. The fourth-order valence-electron chi connectivity index (χ4n) is 1.44. The summed E-state index contributed by atoms with van der Waals surface area (Å²) in [6.45, 7) is 5.20. The topological polar surface area (TPSA) is 32.3 Å². The van der Waals surface area contributed by atoms with E-state index in [2.05, 4.69) is 17.1 Å². The first-order chi connectivity index (χ1) is 5.27. The number of likely N-dealkylation sites (tertiary alicyclic amines) is 1. The smallest absolute Gasteiger partial charge is 0.225 e. The molecule has 0 aliphatic carbocycles. The number of rotatable bonds is 3. The predicted octanol–water partition coefficient (Wildman–Crippen LogP) is 0.0742. The third-order valence-electron chi connectivity index (χ3n) is 2.11. The molecule has 0 unspecified atom stereocenters. The molecule has 0 aromatic heterocycles. The van der Waals surface area contributed by atoms with Crippen LogP contribution in [0, 0.1) is 5.92 Å². The lowest BCUT2D eigenvalue weighted by Crippen LogP contribution is -2.53. The number of nitrogens with one attached hydrogen (secondary N) is 1. The number of amides is 1. The number of carbonyl (C=O) groups excluding carboxylic acids is 1. The van der Waals surface area contributed by atoms with E-state index in [1.165, 1.54) is 6.42 Å². The van der Waals surface area contributed by atoms with Gasteiger partial charge in [-0.2, -0.15) is 0 Å². The maximum Gasteiger partial charge on any atom is 0.225 e. The molecule has 0 aromatic rings. The molecule has 1 aliphatic rings. The SMILES string of the molecule is CCCN1CC(C(=O)NC)C1. The zero-order valence-electron chi connectivity index (χ0n) is 7.26. The lowest BCUT2D eigenvalue weighted by molar-refractivity contribution is -0.129. The predicted molar refractivity (Wildman–Crippen MR) is 44.3 cm³/mol. The van der Waals surface area contributed by atoms with Gasteiger partial charge in [-0.3, -0.25) is 4.79 Å². The third kappa shape index (κ3) is 1.93. The minimum atomic E-state index is 0.192. The summed E-state index contributed by atoms with van der Waals surface area (Å²) in [6.07, 6.45) is 1.18. The molecule has 1 aliphatic heterocycles.